The predicted molar refractivity (Wildman–Crippen MR) is 137 cm³/mol. The van der Waals surface area contributed by atoms with Gasteiger partial charge in [0.2, 0.25) is 17.7 Å². The second kappa shape index (κ2) is 9.30. The summed E-state index contributed by atoms with van der Waals surface area (Å²) in [6.07, 6.45) is 2.78. The van der Waals surface area contributed by atoms with Gasteiger partial charge >= 0.3 is 0 Å². The molecule has 0 saturated carbocycles. The van der Waals surface area contributed by atoms with Crippen molar-refractivity contribution in [2.75, 3.05) is 20.1 Å². The Bertz CT molecular complexity index is 1130. The van der Waals surface area contributed by atoms with Crippen molar-refractivity contribution in [3.8, 4) is 0 Å². The van der Waals surface area contributed by atoms with Crippen LogP contribution in [0.15, 0.2) is 24.4 Å². The number of H-pyrrole nitrogens is 1. The van der Waals surface area contributed by atoms with Crippen molar-refractivity contribution < 1.29 is 14.4 Å². The average molecular weight is 482 g/mol. The smallest absolute Gasteiger partial charge is 0.246 e. The van der Waals surface area contributed by atoms with Crippen molar-refractivity contribution in [2.45, 2.75) is 78.0 Å². The molecule has 0 radical (unpaired) electrons. The predicted octanol–water partition coefficient (Wildman–Crippen LogP) is 2.53. The number of hydrogen-bond donors (Lipinski definition) is 3. The fraction of sp³-hybridized carbons (Fsp3) is 0.593. The molecule has 2 saturated heterocycles. The van der Waals surface area contributed by atoms with E-state index in [1.807, 2.05) is 36.8 Å². The van der Waals surface area contributed by atoms with Gasteiger partial charge in [-0.1, -0.05) is 32.9 Å². The van der Waals surface area contributed by atoms with Gasteiger partial charge in [-0.2, -0.15) is 0 Å². The van der Waals surface area contributed by atoms with Gasteiger partial charge in [0.1, 0.15) is 6.04 Å². The molecule has 8 heteroatoms. The zero-order chi connectivity index (χ0) is 25.7. The van der Waals surface area contributed by atoms with E-state index in [0.717, 1.165) is 22.9 Å². The first-order valence-electron chi connectivity index (χ1n) is 12.6. The van der Waals surface area contributed by atoms with E-state index >= 15 is 0 Å². The molecule has 5 atom stereocenters. The zero-order valence-corrected chi connectivity index (χ0v) is 21.9. The minimum atomic E-state index is -0.665. The number of likely N-dealkylation sites (tertiary alicyclic amines) is 2. The van der Waals surface area contributed by atoms with Crippen molar-refractivity contribution >= 4 is 28.6 Å². The minimum absolute atomic E-state index is 0.000594. The van der Waals surface area contributed by atoms with Crippen molar-refractivity contribution in [3.63, 3.8) is 0 Å². The number of aromatic amines is 1. The number of nitrogens with zero attached hydrogens (tertiary/aromatic N) is 2. The topological polar surface area (TPSA) is 97.5 Å². The van der Waals surface area contributed by atoms with E-state index in [-0.39, 0.29) is 35.7 Å². The molecule has 3 N–H and O–H groups in total. The third-order valence-corrected chi connectivity index (χ3v) is 7.81. The quantitative estimate of drug-likeness (QED) is 0.611. The SMILES string of the molecule is CN[C@@H](C)C(=O)N[C@H](C(=O)N1CC[C@@H]2[C@H]1[C@@H](c1c[nH]c3cc(C)ccc13)CN2C(C)=O)C(C)(C)C. The molecule has 0 spiro atoms. The third-order valence-electron chi connectivity index (χ3n) is 7.81. The van der Waals surface area contributed by atoms with Crippen LogP contribution in [-0.2, 0) is 14.4 Å². The summed E-state index contributed by atoms with van der Waals surface area (Å²) < 4.78 is 0. The first-order chi connectivity index (χ1) is 16.4. The molecule has 2 fully saturated rings. The summed E-state index contributed by atoms with van der Waals surface area (Å²) in [6.45, 7) is 12.5. The molecule has 0 bridgehead atoms. The highest BCUT2D eigenvalue weighted by atomic mass is 16.2. The lowest BCUT2D eigenvalue weighted by molar-refractivity contribution is -0.141. The van der Waals surface area contributed by atoms with E-state index in [9.17, 15) is 14.4 Å². The van der Waals surface area contributed by atoms with Gasteiger partial charge in [0.15, 0.2) is 0 Å². The molecule has 2 aliphatic heterocycles. The van der Waals surface area contributed by atoms with Crippen LogP contribution in [0.3, 0.4) is 0 Å². The second-order valence-corrected chi connectivity index (χ2v) is 11.3. The summed E-state index contributed by atoms with van der Waals surface area (Å²) in [5.41, 5.74) is 2.91. The number of likely N-dealkylation sites (N-methyl/N-ethyl adjacent to an activating group) is 1. The van der Waals surface area contributed by atoms with Gasteiger partial charge < -0.3 is 25.4 Å². The lowest BCUT2D eigenvalue weighted by Crippen LogP contribution is -2.59. The van der Waals surface area contributed by atoms with Crippen molar-refractivity contribution in [3.05, 3.63) is 35.5 Å². The Morgan fingerprint density at radius 3 is 2.51 bits per heavy atom. The molecule has 0 aliphatic carbocycles. The molecule has 1 aromatic heterocycles. The number of amides is 3. The number of carbonyl (C=O) groups excluding carboxylic acids is 3. The van der Waals surface area contributed by atoms with Crippen LogP contribution in [0, 0.1) is 12.3 Å². The third kappa shape index (κ3) is 4.56. The number of hydrogen-bond acceptors (Lipinski definition) is 4. The van der Waals surface area contributed by atoms with Crippen molar-refractivity contribution in [1.82, 2.24) is 25.4 Å². The lowest BCUT2D eigenvalue weighted by atomic mass is 9.84. The molecular weight excluding hydrogens is 442 g/mol. The molecule has 8 nitrogen and oxygen atoms in total. The molecule has 190 valence electrons. The highest BCUT2D eigenvalue weighted by Crippen LogP contribution is 2.43. The Morgan fingerprint density at radius 1 is 1.17 bits per heavy atom. The van der Waals surface area contributed by atoms with Crippen LogP contribution in [-0.4, -0.2) is 76.8 Å². The summed E-state index contributed by atoms with van der Waals surface area (Å²) in [7, 11) is 1.73. The van der Waals surface area contributed by atoms with Gasteiger partial charge in [-0.25, -0.2) is 0 Å². The maximum Gasteiger partial charge on any atom is 0.246 e. The van der Waals surface area contributed by atoms with Crippen LogP contribution in [0.5, 0.6) is 0 Å². The first kappa shape index (κ1) is 25.2. The Morgan fingerprint density at radius 2 is 1.89 bits per heavy atom. The second-order valence-electron chi connectivity index (χ2n) is 11.3. The highest BCUT2D eigenvalue weighted by molar-refractivity contribution is 5.91. The van der Waals surface area contributed by atoms with Crippen LogP contribution < -0.4 is 10.6 Å². The van der Waals surface area contributed by atoms with Crippen molar-refractivity contribution in [2.24, 2.45) is 5.41 Å². The molecule has 0 unspecified atom stereocenters. The molecular formula is C27H39N5O3. The number of carbonyl (C=O) groups is 3. The summed E-state index contributed by atoms with van der Waals surface area (Å²) >= 11 is 0. The van der Waals surface area contributed by atoms with Gasteiger partial charge in [0.25, 0.3) is 0 Å². The van der Waals surface area contributed by atoms with Crippen LogP contribution in [0.2, 0.25) is 0 Å². The van der Waals surface area contributed by atoms with E-state index in [1.54, 1.807) is 20.9 Å². The number of aryl methyl sites for hydroxylation is 1. The van der Waals surface area contributed by atoms with E-state index in [2.05, 4.69) is 40.7 Å². The van der Waals surface area contributed by atoms with Gasteiger partial charge in [-0.05, 0) is 49.9 Å². The van der Waals surface area contributed by atoms with Crippen LogP contribution in [0.4, 0.5) is 0 Å². The van der Waals surface area contributed by atoms with Crippen LogP contribution >= 0.6 is 0 Å². The van der Waals surface area contributed by atoms with Gasteiger partial charge in [-0.3, -0.25) is 14.4 Å². The highest BCUT2D eigenvalue weighted by Gasteiger charge is 2.53. The van der Waals surface area contributed by atoms with E-state index in [4.69, 9.17) is 0 Å². The van der Waals surface area contributed by atoms with Gasteiger partial charge in [-0.15, -0.1) is 0 Å². The first-order valence-corrected chi connectivity index (χ1v) is 12.6. The minimum Gasteiger partial charge on any atom is -0.361 e. The van der Waals surface area contributed by atoms with E-state index in [1.165, 1.54) is 5.56 Å². The molecule has 3 heterocycles. The molecule has 35 heavy (non-hydrogen) atoms. The number of benzene rings is 1. The molecule has 4 rings (SSSR count). The Kier molecular flexibility index (Phi) is 6.70. The Balaban J connectivity index is 1.70. The summed E-state index contributed by atoms with van der Waals surface area (Å²) in [4.78, 5) is 46.7. The summed E-state index contributed by atoms with van der Waals surface area (Å²) in [5, 5.41) is 7.08. The monoisotopic (exact) mass is 481 g/mol. The number of aromatic nitrogens is 1. The standard InChI is InChI=1S/C27H39N5O3/c1-15-8-9-18-19(13-29-21(18)12-15)20-14-32(17(3)33)22-10-11-31(23(20)22)26(35)24(27(4,5)6)30-25(34)16(2)28-7/h8-9,12-13,16,20,22-24,28-29H,10-11,14H2,1-7H3,(H,30,34)/t16-,20+,22+,23+,24+/m0/s1. The van der Waals surface area contributed by atoms with Gasteiger partial charge in [0.05, 0.1) is 18.1 Å². The number of rotatable bonds is 5. The number of fused-ring (bicyclic) bond motifs is 2. The average Bonchev–Trinajstić information content (AvgIpc) is 3.48. The van der Waals surface area contributed by atoms with Crippen molar-refractivity contribution in [1.29, 1.82) is 0 Å². The van der Waals surface area contributed by atoms with Crippen LogP contribution in [0.1, 0.15) is 58.1 Å². The fourth-order valence-electron chi connectivity index (χ4n) is 5.76. The largest absolute Gasteiger partial charge is 0.361 e. The van der Waals surface area contributed by atoms with Crippen LogP contribution in [0.25, 0.3) is 10.9 Å². The summed E-state index contributed by atoms with van der Waals surface area (Å²) in [6, 6.07) is 5.13. The number of nitrogens with one attached hydrogen (secondary N) is 3. The zero-order valence-electron chi connectivity index (χ0n) is 21.9. The maximum absolute atomic E-state index is 14.1. The Labute approximate surface area is 207 Å². The fourth-order valence-corrected chi connectivity index (χ4v) is 5.76. The summed E-state index contributed by atoms with van der Waals surface area (Å²) in [5.74, 6) is -0.236. The maximum atomic E-state index is 14.1. The Hall–Kier alpha value is -2.87. The van der Waals surface area contributed by atoms with E-state index in [0.29, 0.717) is 13.1 Å². The lowest BCUT2D eigenvalue weighted by Gasteiger charge is -2.37. The normalized spacial score (nSPS) is 23.9. The van der Waals surface area contributed by atoms with E-state index < -0.39 is 17.5 Å². The van der Waals surface area contributed by atoms with Gasteiger partial charge in [0, 0.05) is 43.0 Å². The molecule has 3 amide bonds. The molecule has 1 aromatic carbocycles. The molecule has 2 aliphatic rings. The molecule has 2 aromatic rings.